The number of anilines is 2. The van der Waals surface area contributed by atoms with Crippen molar-refractivity contribution < 1.29 is 4.79 Å². The highest BCUT2D eigenvalue weighted by Gasteiger charge is 2.28. The lowest BCUT2D eigenvalue weighted by Crippen LogP contribution is -2.33. The summed E-state index contributed by atoms with van der Waals surface area (Å²) in [7, 11) is 3.65. The molecule has 1 fully saturated rings. The summed E-state index contributed by atoms with van der Waals surface area (Å²) < 4.78 is 4.43. The average molecular weight is 393 g/mol. The van der Waals surface area contributed by atoms with Crippen molar-refractivity contribution >= 4 is 28.7 Å². The van der Waals surface area contributed by atoms with Gasteiger partial charge in [-0.25, -0.2) is 4.68 Å². The monoisotopic (exact) mass is 393 g/mol. The van der Waals surface area contributed by atoms with Gasteiger partial charge in [0, 0.05) is 26.2 Å². The van der Waals surface area contributed by atoms with Gasteiger partial charge in [0.1, 0.15) is 18.4 Å². The number of fused-ring (bicyclic) bond motifs is 2. The summed E-state index contributed by atoms with van der Waals surface area (Å²) >= 11 is 0. The largest absolute Gasteiger partial charge is 0.346 e. The molecule has 1 saturated carbocycles. The second kappa shape index (κ2) is 6.40. The SMILES string of the molecule is CN(C)c1nn(CC(=O)Nc2ccc3nncn3c2)c(=O)c2cc(C3CC3)nn12. The third kappa shape index (κ3) is 3.10. The maximum absolute atomic E-state index is 12.9. The Kier molecular flexibility index (Phi) is 3.83. The van der Waals surface area contributed by atoms with E-state index in [1.807, 2.05) is 20.2 Å². The van der Waals surface area contributed by atoms with Crippen LogP contribution in [0.1, 0.15) is 24.5 Å². The van der Waals surface area contributed by atoms with Gasteiger partial charge < -0.3 is 10.2 Å². The molecule has 0 unspecified atom stereocenters. The van der Waals surface area contributed by atoms with Crippen LogP contribution in [0.15, 0.2) is 35.5 Å². The minimum Gasteiger partial charge on any atom is -0.346 e. The van der Waals surface area contributed by atoms with Crippen LogP contribution in [-0.2, 0) is 11.3 Å². The molecule has 11 heteroatoms. The second-order valence-electron chi connectivity index (χ2n) is 7.36. The van der Waals surface area contributed by atoms with Gasteiger partial charge in [0.15, 0.2) is 5.65 Å². The normalized spacial score (nSPS) is 13.9. The lowest BCUT2D eigenvalue weighted by atomic mass is 10.3. The summed E-state index contributed by atoms with van der Waals surface area (Å²) in [6.07, 6.45) is 5.42. The van der Waals surface area contributed by atoms with Crippen molar-refractivity contribution in [2.24, 2.45) is 0 Å². The molecule has 0 saturated heterocycles. The summed E-state index contributed by atoms with van der Waals surface area (Å²) in [5.41, 5.74) is 2.22. The maximum Gasteiger partial charge on any atom is 0.293 e. The standard InChI is InChI=1S/C18H19N9O2/c1-24(2)18-23-26(17(29)14-7-13(11-3-4-11)22-27(14)18)9-16(28)20-12-5-6-15-21-19-10-25(15)8-12/h5-8,10-11H,3-4,9H2,1-2H3,(H,20,28). The molecular formula is C18H19N9O2. The van der Waals surface area contributed by atoms with Crippen LogP contribution in [0.3, 0.4) is 0 Å². The summed E-state index contributed by atoms with van der Waals surface area (Å²) in [6.45, 7) is -0.208. The Bertz CT molecular complexity index is 1300. The molecule has 1 amide bonds. The third-order valence-corrected chi connectivity index (χ3v) is 4.85. The maximum atomic E-state index is 12.9. The predicted molar refractivity (Wildman–Crippen MR) is 105 cm³/mol. The molecule has 4 heterocycles. The molecule has 4 aromatic heterocycles. The van der Waals surface area contributed by atoms with E-state index in [1.54, 1.807) is 38.5 Å². The Hall–Kier alpha value is -3.76. The van der Waals surface area contributed by atoms with Crippen LogP contribution in [-0.4, -0.2) is 54.0 Å². The van der Waals surface area contributed by atoms with Gasteiger partial charge >= 0.3 is 0 Å². The molecule has 148 valence electrons. The number of pyridine rings is 1. The van der Waals surface area contributed by atoms with Crippen molar-refractivity contribution in [3.63, 3.8) is 0 Å². The Morgan fingerprint density at radius 1 is 1.28 bits per heavy atom. The zero-order chi connectivity index (χ0) is 20.1. The number of hydrogen-bond acceptors (Lipinski definition) is 7. The fourth-order valence-corrected chi connectivity index (χ4v) is 3.23. The van der Waals surface area contributed by atoms with Crippen molar-refractivity contribution in [1.82, 2.24) is 34.0 Å². The van der Waals surface area contributed by atoms with Gasteiger partial charge in [0.25, 0.3) is 5.56 Å². The Morgan fingerprint density at radius 3 is 2.86 bits per heavy atom. The molecule has 4 aromatic rings. The van der Waals surface area contributed by atoms with Crippen LogP contribution in [0.4, 0.5) is 11.6 Å². The highest BCUT2D eigenvalue weighted by molar-refractivity contribution is 5.90. The number of amides is 1. The van der Waals surface area contributed by atoms with E-state index in [1.165, 1.54) is 4.68 Å². The quantitative estimate of drug-likeness (QED) is 0.525. The predicted octanol–water partition coefficient (Wildman–Crippen LogP) is 0.516. The summed E-state index contributed by atoms with van der Waals surface area (Å²) in [6, 6.07) is 5.28. The highest BCUT2D eigenvalue weighted by Crippen LogP contribution is 2.39. The molecule has 1 aliphatic rings. The van der Waals surface area contributed by atoms with Gasteiger partial charge in [-0.2, -0.15) is 9.61 Å². The lowest BCUT2D eigenvalue weighted by Gasteiger charge is -2.15. The molecule has 5 rings (SSSR count). The Balaban J connectivity index is 1.46. The zero-order valence-electron chi connectivity index (χ0n) is 16.0. The molecule has 1 N–H and O–H groups in total. The van der Waals surface area contributed by atoms with Crippen LogP contribution < -0.4 is 15.8 Å². The molecule has 1 aliphatic carbocycles. The van der Waals surface area contributed by atoms with Crippen LogP contribution in [0, 0.1) is 0 Å². The van der Waals surface area contributed by atoms with Crippen molar-refractivity contribution in [1.29, 1.82) is 0 Å². The Labute approximate surface area is 164 Å². The summed E-state index contributed by atoms with van der Waals surface area (Å²) in [5, 5.41) is 19.4. The first-order valence-corrected chi connectivity index (χ1v) is 9.27. The molecule has 29 heavy (non-hydrogen) atoms. The zero-order valence-corrected chi connectivity index (χ0v) is 16.0. The minimum absolute atomic E-state index is 0.208. The molecular weight excluding hydrogens is 374 g/mol. The molecule has 0 radical (unpaired) electrons. The molecule has 0 atom stereocenters. The second-order valence-corrected chi connectivity index (χ2v) is 7.36. The van der Waals surface area contributed by atoms with Crippen LogP contribution in [0.2, 0.25) is 0 Å². The van der Waals surface area contributed by atoms with E-state index in [9.17, 15) is 9.59 Å². The van der Waals surface area contributed by atoms with Crippen LogP contribution in [0.25, 0.3) is 11.2 Å². The van der Waals surface area contributed by atoms with Crippen molar-refractivity contribution in [3.05, 3.63) is 46.8 Å². The van der Waals surface area contributed by atoms with Crippen molar-refractivity contribution in [3.8, 4) is 0 Å². The van der Waals surface area contributed by atoms with E-state index < -0.39 is 0 Å². The van der Waals surface area contributed by atoms with E-state index in [0.29, 0.717) is 28.7 Å². The van der Waals surface area contributed by atoms with E-state index in [0.717, 1.165) is 18.5 Å². The fourth-order valence-electron chi connectivity index (χ4n) is 3.23. The fraction of sp³-hybridized carbons (Fsp3) is 0.333. The smallest absolute Gasteiger partial charge is 0.293 e. The van der Waals surface area contributed by atoms with E-state index in [-0.39, 0.29) is 18.0 Å². The first-order chi connectivity index (χ1) is 14.0. The number of nitrogens with one attached hydrogen (secondary N) is 1. The first kappa shape index (κ1) is 17.3. The Morgan fingerprint density at radius 2 is 2.10 bits per heavy atom. The number of hydrogen-bond donors (Lipinski definition) is 1. The molecule has 0 spiro atoms. The average Bonchev–Trinajstić information content (AvgIpc) is 3.26. The van der Waals surface area contributed by atoms with Gasteiger partial charge in [-0.15, -0.1) is 15.3 Å². The van der Waals surface area contributed by atoms with Crippen molar-refractivity contribution in [2.45, 2.75) is 25.3 Å². The molecule has 0 aromatic carbocycles. The first-order valence-electron chi connectivity index (χ1n) is 9.27. The summed E-state index contributed by atoms with van der Waals surface area (Å²) in [4.78, 5) is 27.2. The number of carbonyl (C=O) groups excluding carboxylic acids is 1. The van der Waals surface area contributed by atoms with Crippen LogP contribution >= 0.6 is 0 Å². The summed E-state index contributed by atoms with van der Waals surface area (Å²) in [5.74, 6) is 0.543. The van der Waals surface area contributed by atoms with E-state index in [4.69, 9.17) is 0 Å². The highest BCUT2D eigenvalue weighted by atomic mass is 16.2. The molecule has 0 aliphatic heterocycles. The molecule has 0 bridgehead atoms. The van der Waals surface area contributed by atoms with Crippen molar-refractivity contribution in [2.75, 3.05) is 24.3 Å². The third-order valence-electron chi connectivity index (χ3n) is 4.85. The van der Waals surface area contributed by atoms with Gasteiger partial charge in [-0.05, 0) is 31.0 Å². The number of rotatable bonds is 5. The number of nitrogens with zero attached hydrogens (tertiary/aromatic N) is 8. The van der Waals surface area contributed by atoms with Crippen LogP contribution in [0.5, 0.6) is 0 Å². The van der Waals surface area contributed by atoms with Gasteiger partial charge in [0.2, 0.25) is 11.9 Å². The topological polar surface area (TPSA) is 115 Å². The molecule has 11 nitrogen and oxygen atoms in total. The number of aromatic nitrogens is 7. The number of carbonyl (C=O) groups is 1. The van der Waals surface area contributed by atoms with E-state index >= 15 is 0 Å². The lowest BCUT2D eigenvalue weighted by molar-refractivity contribution is -0.117. The van der Waals surface area contributed by atoms with Gasteiger partial charge in [-0.1, -0.05) is 0 Å². The van der Waals surface area contributed by atoms with Gasteiger partial charge in [-0.3, -0.25) is 14.0 Å². The minimum atomic E-state index is -0.358. The van der Waals surface area contributed by atoms with Gasteiger partial charge in [0.05, 0.1) is 11.4 Å². The van der Waals surface area contributed by atoms with E-state index in [2.05, 4.69) is 25.7 Å².